The lowest BCUT2D eigenvalue weighted by Crippen LogP contribution is -2.53. The number of ether oxygens (including phenoxy) is 1. The van der Waals surface area contributed by atoms with Gasteiger partial charge in [0.1, 0.15) is 5.75 Å². The minimum absolute atomic E-state index is 0.215. The molecule has 1 unspecified atom stereocenters. The van der Waals surface area contributed by atoms with Crippen LogP contribution in [0.15, 0.2) is 18.2 Å². The molecule has 0 aliphatic carbocycles. The molecule has 0 spiro atoms. The lowest BCUT2D eigenvalue weighted by molar-refractivity contribution is 0.207. The van der Waals surface area contributed by atoms with Crippen LogP contribution in [-0.2, 0) is 10.8 Å². The Labute approximate surface area is 138 Å². The maximum Gasteiger partial charge on any atom is 0.322 e. The summed E-state index contributed by atoms with van der Waals surface area (Å²) in [7, 11) is -0.909. The second-order valence-electron chi connectivity index (χ2n) is 5.73. The highest BCUT2D eigenvalue weighted by Gasteiger charge is 2.35. The number of benzene rings is 1. The standard InChI is InChI=1S/C15H21ClN2O3S/c1-4-21-13-9-11(16)5-6-12(13)17-14(19)18-7-8-22(20)15(2,3)10-18/h5-6,9H,4,7-8,10H2,1-3H3,(H,17,19). The normalized spacial score (nSPS) is 20.5. The first-order valence-electron chi connectivity index (χ1n) is 7.20. The number of carbonyl (C=O) groups excluding carboxylic acids is 1. The predicted octanol–water partition coefficient (Wildman–Crippen LogP) is 3.11. The zero-order valence-electron chi connectivity index (χ0n) is 13.0. The highest BCUT2D eigenvalue weighted by Crippen LogP contribution is 2.29. The summed E-state index contributed by atoms with van der Waals surface area (Å²) in [6.45, 7) is 7.13. The fraction of sp³-hybridized carbons (Fsp3) is 0.533. The second kappa shape index (κ2) is 6.87. The van der Waals surface area contributed by atoms with Crippen molar-refractivity contribution in [3.05, 3.63) is 23.2 Å². The van der Waals surface area contributed by atoms with Crippen LogP contribution in [0, 0.1) is 0 Å². The number of nitrogens with one attached hydrogen (secondary N) is 1. The van der Waals surface area contributed by atoms with Gasteiger partial charge in [-0.15, -0.1) is 0 Å². The molecule has 2 rings (SSSR count). The van der Waals surface area contributed by atoms with Crippen molar-refractivity contribution in [3.63, 3.8) is 0 Å². The summed E-state index contributed by atoms with van der Waals surface area (Å²) in [5.41, 5.74) is 0.584. The molecular formula is C15H21ClN2O3S. The molecule has 0 saturated carbocycles. The van der Waals surface area contributed by atoms with Crippen molar-refractivity contribution in [2.45, 2.75) is 25.5 Å². The Morgan fingerprint density at radius 2 is 2.23 bits per heavy atom. The van der Waals surface area contributed by atoms with Gasteiger partial charge < -0.3 is 15.0 Å². The topological polar surface area (TPSA) is 58.6 Å². The summed E-state index contributed by atoms with van der Waals surface area (Å²) < 4.78 is 17.0. The van der Waals surface area contributed by atoms with E-state index in [-0.39, 0.29) is 6.03 Å². The van der Waals surface area contributed by atoms with E-state index in [1.54, 1.807) is 23.1 Å². The second-order valence-corrected chi connectivity index (χ2v) is 8.38. The number of anilines is 1. The van der Waals surface area contributed by atoms with Crippen molar-refractivity contribution in [1.82, 2.24) is 4.90 Å². The summed E-state index contributed by atoms with van der Waals surface area (Å²) >= 11 is 5.95. The highest BCUT2D eigenvalue weighted by atomic mass is 35.5. The average Bonchev–Trinajstić information content (AvgIpc) is 2.45. The predicted molar refractivity (Wildman–Crippen MR) is 90.3 cm³/mol. The summed E-state index contributed by atoms with van der Waals surface area (Å²) in [6.07, 6.45) is 0. The number of rotatable bonds is 3. The van der Waals surface area contributed by atoms with Gasteiger partial charge in [0.25, 0.3) is 0 Å². The Morgan fingerprint density at radius 3 is 2.86 bits per heavy atom. The van der Waals surface area contributed by atoms with E-state index in [4.69, 9.17) is 16.3 Å². The Hall–Kier alpha value is -1.27. The van der Waals surface area contributed by atoms with Crippen LogP contribution in [0.25, 0.3) is 0 Å². The molecule has 0 aromatic heterocycles. The van der Waals surface area contributed by atoms with Gasteiger partial charge >= 0.3 is 6.03 Å². The number of hydrogen-bond acceptors (Lipinski definition) is 3. The smallest absolute Gasteiger partial charge is 0.322 e. The Balaban J connectivity index is 2.11. The molecular weight excluding hydrogens is 324 g/mol. The van der Waals surface area contributed by atoms with Crippen molar-refractivity contribution in [2.24, 2.45) is 0 Å². The molecule has 7 heteroatoms. The number of nitrogens with zero attached hydrogens (tertiary/aromatic N) is 1. The Kier molecular flexibility index (Phi) is 5.34. The summed E-state index contributed by atoms with van der Waals surface area (Å²) in [5, 5.41) is 3.40. The number of urea groups is 1. The lowest BCUT2D eigenvalue weighted by Gasteiger charge is -2.37. The lowest BCUT2D eigenvalue weighted by atomic mass is 10.2. The fourth-order valence-corrected chi connectivity index (χ4v) is 3.72. The van der Waals surface area contributed by atoms with Crippen LogP contribution in [-0.4, -0.2) is 45.3 Å². The van der Waals surface area contributed by atoms with E-state index >= 15 is 0 Å². The molecule has 2 amide bonds. The van der Waals surface area contributed by atoms with Crippen molar-refractivity contribution >= 4 is 34.1 Å². The molecule has 122 valence electrons. The molecule has 0 bridgehead atoms. The number of carbonyl (C=O) groups is 1. The molecule has 1 aliphatic heterocycles. The van der Waals surface area contributed by atoms with E-state index in [1.807, 2.05) is 20.8 Å². The Morgan fingerprint density at radius 1 is 1.50 bits per heavy atom. The third-order valence-corrected chi connectivity index (χ3v) is 5.66. The maximum atomic E-state index is 12.4. The first kappa shape index (κ1) is 17.1. The minimum Gasteiger partial charge on any atom is -0.492 e. The summed E-state index contributed by atoms with van der Waals surface area (Å²) in [4.78, 5) is 14.1. The SMILES string of the molecule is CCOc1cc(Cl)ccc1NC(=O)N1CCS(=O)C(C)(C)C1. The molecule has 5 nitrogen and oxygen atoms in total. The zero-order chi connectivity index (χ0) is 16.3. The third-order valence-electron chi connectivity index (χ3n) is 3.51. The van der Waals surface area contributed by atoms with Gasteiger partial charge in [-0.05, 0) is 32.9 Å². The number of halogens is 1. The van der Waals surface area contributed by atoms with E-state index in [1.165, 1.54) is 0 Å². The highest BCUT2D eigenvalue weighted by molar-refractivity contribution is 7.86. The quantitative estimate of drug-likeness (QED) is 0.916. The summed E-state index contributed by atoms with van der Waals surface area (Å²) in [5.74, 6) is 1.04. The molecule has 1 aromatic carbocycles. The molecule has 1 aliphatic rings. The fourth-order valence-electron chi connectivity index (χ4n) is 2.32. The van der Waals surface area contributed by atoms with Gasteiger partial charge in [0.2, 0.25) is 0 Å². The van der Waals surface area contributed by atoms with Crippen molar-refractivity contribution in [2.75, 3.05) is 30.8 Å². The minimum atomic E-state index is -0.909. The van der Waals surface area contributed by atoms with Crippen molar-refractivity contribution in [3.8, 4) is 5.75 Å². The molecule has 22 heavy (non-hydrogen) atoms. The van der Waals surface area contributed by atoms with Crippen LogP contribution in [0.5, 0.6) is 5.75 Å². The molecule has 1 aromatic rings. The van der Waals surface area contributed by atoms with Crippen LogP contribution in [0.3, 0.4) is 0 Å². The first-order chi connectivity index (χ1) is 10.3. The largest absolute Gasteiger partial charge is 0.492 e. The Bertz CT molecular complexity index is 592. The molecule has 1 heterocycles. The van der Waals surface area contributed by atoms with Crippen LogP contribution in [0.4, 0.5) is 10.5 Å². The van der Waals surface area contributed by atoms with E-state index in [0.717, 1.165) is 0 Å². The van der Waals surface area contributed by atoms with E-state index < -0.39 is 15.5 Å². The van der Waals surface area contributed by atoms with Crippen LogP contribution < -0.4 is 10.1 Å². The third kappa shape index (κ3) is 3.93. The van der Waals surface area contributed by atoms with Crippen LogP contribution >= 0.6 is 11.6 Å². The molecule has 0 radical (unpaired) electrons. The molecule has 1 saturated heterocycles. The van der Waals surface area contributed by atoms with Gasteiger partial charge in [0.15, 0.2) is 0 Å². The van der Waals surface area contributed by atoms with Gasteiger partial charge in [-0.25, -0.2) is 4.79 Å². The van der Waals surface area contributed by atoms with E-state index in [2.05, 4.69) is 5.32 Å². The van der Waals surface area contributed by atoms with Crippen LogP contribution in [0.1, 0.15) is 20.8 Å². The maximum absolute atomic E-state index is 12.4. The van der Waals surface area contributed by atoms with E-state index in [0.29, 0.717) is 41.9 Å². The average molecular weight is 345 g/mol. The van der Waals surface area contributed by atoms with Gasteiger partial charge in [-0.2, -0.15) is 0 Å². The monoisotopic (exact) mass is 344 g/mol. The number of hydrogen-bond donors (Lipinski definition) is 1. The van der Waals surface area contributed by atoms with Crippen molar-refractivity contribution < 1.29 is 13.7 Å². The van der Waals surface area contributed by atoms with E-state index in [9.17, 15) is 9.00 Å². The first-order valence-corrected chi connectivity index (χ1v) is 8.90. The van der Waals surface area contributed by atoms with Crippen LogP contribution in [0.2, 0.25) is 5.02 Å². The molecule has 1 N–H and O–H groups in total. The number of amides is 2. The molecule has 1 fully saturated rings. The van der Waals surface area contributed by atoms with Gasteiger partial charge in [-0.3, -0.25) is 4.21 Å². The van der Waals surface area contributed by atoms with Gasteiger partial charge in [-0.1, -0.05) is 11.6 Å². The zero-order valence-corrected chi connectivity index (χ0v) is 14.6. The van der Waals surface area contributed by atoms with Gasteiger partial charge in [0, 0.05) is 40.7 Å². The van der Waals surface area contributed by atoms with Crippen molar-refractivity contribution in [1.29, 1.82) is 0 Å². The molecule has 1 atom stereocenters. The van der Waals surface area contributed by atoms with Gasteiger partial charge in [0.05, 0.1) is 17.0 Å². The summed E-state index contributed by atoms with van der Waals surface area (Å²) in [6, 6.07) is 4.89.